The zero-order valence-electron chi connectivity index (χ0n) is 8.86. The van der Waals surface area contributed by atoms with Crippen molar-refractivity contribution >= 4 is 0 Å². The lowest BCUT2D eigenvalue weighted by Gasteiger charge is -2.09. The molecule has 0 saturated heterocycles. The van der Waals surface area contributed by atoms with Crippen LogP contribution in [0.25, 0.3) is 0 Å². The molecule has 0 aliphatic rings. The molecule has 1 heterocycles. The predicted octanol–water partition coefficient (Wildman–Crippen LogP) is 1.30. The molecule has 1 aromatic rings. The summed E-state index contributed by atoms with van der Waals surface area (Å²) >= 11 is 0. The number of hydrogen-bond acceptors (Lipinski definition) is 3. The van der Waals surface area contributed by atoms with E-state index in [1.165, 1.54) is 17.9 Å². The molecule has 0 saturated carbocycles. The lowest BCUT2D eigenvalue weighted by molar-refractivity contribution is 0.391. The molecule has 0 aromatic carbocycles. The molecule has 1 rings (SSSR count). The fourth-order valence-corrected chi connectivity index (χ4v) is 1.09. The second-order valence-electron chi connectivity index (χ2n) is 3.43. The first kappa shape index (κ1) is 10.8. The van der Waals surface area contributed by atoms with Gasteiger partial charge in [-0.15, -0.1) is 0 Å². The van der Waals surface area contributed by atoms with Gasteiger partial charge in [-0.2, -0.15) is 5.10 Å². The zero-order valence-corrected chi connectivity index (χ0v) is 8.86. The summed E-state index contributed by atoms with van der Waals surface area (Å²) in [6.45, 7) is 4.86. The first-order chi connectivity index (χ1) is 6.67. The molecule has 0 unspecified atom stereocenters. The van der Waals surface area contributed by atoms with Gasteiger partial charge in [-0.05, 0) is 5.92 Å². The minimum absolute atomic E-state index is 0.107. The molecule has 4 nitrogen and oxygen atoms in total. The van der Waals surface area contributed by atoms with Crippen molar-refractivity contribution in [2.45, 2.75) is 26.8 Å². The molecule has 0 aliphatic carbocycles. The Morgan fingerprint density at radius 1 is 1.64 bits per heavy atom. The number of hydrogen-bond donors (Lipinski definition) is 0. The summed E-state index contributed by atoms with van der Waals surface area (Å²) < 4.78 is 6.37. The van der Waals surface area contributed by atoms with Gasteiger partial charge in [-0.1, -0.05) is 20.3 Å². The van der Waals surface area contributed by atoms with Crippen molar-refractivity contribution in [2.24, 2.45) is 5.92 Å². The van der Waals surface area contributed by atoms with E-state index in [1.54, 1.807) is 6.20 Å². The average Bonchev–Trinajstić information content (AvgIpc) is 2.20. The largest absolute Gasteiger partial charge is 0.495 e. The van der Waals surface area contributed by atoms with Crippen LogP contribution < -0.4 is 10.3 Å². The highest BCUT2D eigenvalue weighted by atomic mass is 16.5. The third-order valence-corrected chi connectivity index (χ3v) is 2.26. The molecular formula is C10H16N2O2. The maximum Gasteiger partial charge on any atom is 0.270 e. The van der Waals surface area contributed by atoms with Crippen molar-refractivity contribution in [3.63, 3.8) is 0 Å². The second kappa shape index (κ2) is 4.79. The van der Waals surface area contributed by atoms with Crippen LogP contribution in [0.1, 0.15) is 20.3 Å². The molecule has 1 aromatic heterocycles. The summed E-state index contributed by atoms with van der Waals surface area (Å²) in [7, 11) is 1.52. The van der Waals surface area contributed by atoms with E-state index in [2.05, 4.69) is 18.9 Å². The van der Waals surface area contributed by atoms with E-state index >= 15 is 0 Å². The highest BCUT2D eigenvalue weighted by Gasteiger charge is 2.04. The van der Waals surface area contributed by atoms with E-state index in [1.807, 2.05) is 0 Å². The van der Waals surface area contributed by atoms with E-state index in [0.717, 1.165) is 6.42 Å². The number of rotatable bonds is 4. The van der Waals surface area contributed by atoms with E-state index in [0.29, 0.717) is 18.2 Å². The quantitative estimate of drug-likeness (QED) is 0.729. The monoisotopic (exact) mass is 196 g/mol. The smallest absolute Gasteiger partial charge is 0.270 e. The van der Waals surface area contributed by atoms with Crippen molar-refractivity contribution < 1.29 is 4.74 Å². The molecule has 0 radical (unpaired) electrons. The first-order valence-electron chi connectivity index (χ1n) is 4.78. The molecule has 1 atom stereocenters. The van der Waals surface area contributed by atoms with Crippen molar-refractivity contribution in [2.75, 3.05) is 7.11 Å². The molecule has 0 bridgehead atoms. The van der Waals surface area contributed by atoms with Crippen LogP contribution >= 0.6 is 0 Å². The Hall–Kier alpha value is -1.32. The fraction of sp³-hybridized carbons (Fsp3) is 0.600. The summed E-state index contributed by atoms with van der Waals surface area (Å²) in [6.07, 6.45) is 2.60. The van der Waals surface area contributed by atoms with Gasteiger partial charge in [0.1, 0.15) is 5.75 Å². The van der Waals surface area contributed by atoms with Gasteiger partial charge in [0.15, 0.2) is 0 Å². The van der Waals surface area contributed by atoms with E-state index in [4.69, 9.17) is 4.74 Å². The standard InChI is InChI=1S/C10H16N2O2/c1-4-8(2)7-12-10(13)5-9(14-3)6-11-12/h5-6,8H,4,7H2,1-3H3/t8-/m1/s1. The van der Waals surface area contributed by atoms with Gasteiger partial charge in [0.05, 0.1) is 13.3 Å². The SMILES string of the molecule is CC[C@@H](C)Cn1ncc(OC)cc1=O. The lowest BCUT2D eigenvalue weighted by atomic mass is 10.1. The van der Waals surface area contributed by atoms with E-state index < -0.39 is 0 Å². The Labute approximate surface area is 83.5 Å². The van der Waals surface area contributed by atoms with Gasteiger partial charge in [0, 0.05) is 12.6 Å². The lowest BCUT2D eigenvalue weighted by Crippen LogP contribution is -2.24. The second-order valence-corrected chi connectivity index (χ2v) is 3.43. The number of ether oxygens (including phenoxy) is 1. The minimum atomic E-state index is -0.107. The third-order valence-electron chi connectivity index (χ3n) is 2.26. The molecule has 0 fully saturated rings. The zero-order chi connectivity index (χ0) is 10.6. The summed E-state index contributed by atoms with van der Waals surface area (Å²) in [5, 5.41) is 4.02. The Kier molecular flexibility index (Phi) is 3.68. The van der Waals surface area contributed by atoms with E-state index in [-0.39, 0.29) is 5.56 Å². The van der Waals surface area contributed by atoms with Crippen LogP contribution in [0.15, 0.2) is 17.1 Å². The molecule has 4 heteroatoms. The van der Waals surface area contributed by atoms with Crippen molar-refractivity contribution in [1.29, 1.82) is 0 Å². The van der Waals surface area contributed by atoms with Crippen molar-refractivity contribution in [3.05, 3.63) is 22.6 Å². The maximum absolute atomic E-state index is 11.5. The summed E-state index contributed by atoms with van der Waals surface area (Å²) in [5.41, 5.74) is -0.107. The van der Waals surface area contributed by atoms with Gasteiger partial charge >= 0.3 is 0 Å². The molecular weight excluding hydrogens is 180 g/mol. The van der Waals surface area contributed by atoms with Crippen LogP contribution in [0.3, 0.4) is 0 Å². The van der Waals surface area contributed by atoms with Crippen LogP contribution in [0.4, 0.5) is 0 Å². The highest BCUT2D eigenvalue weighted by Crippen LogP contribution is 2.04. The Balaban J connectivity index is 2.84. The Bertz CT molecular complexity index is 346. The molecule has 0 N–H and O–H groups in total. The number of nitrogens with zero attached hydrogens (tertiary/aromatic N) is 2. The number of aromatic nitrogens is 2. The van der Waals surface area contributed by atoms with Gasteiger partial charge in [0.2, 0.25) is 0 Å². The molecule has 0 aliphatic heterocycles. The highest BCUT2D eigenvalue weighted by molar-refractivity contribution is 5.13. The predicted molar refractivity (Wildman–Crippen MR) is 54.5 cm³/mol. The van der Waals surface area contributed by atoms with Crippen molar-refractivity contribution in [3.8, 4) is 5.75 Å². The topological polar surface area (TPSA) is 44.1 Å². The van der Waals surface area contributed by atoms with Crippen LogP contribution in [0.2, 0.25) is 0 Å². The van der Waals surface area contributed by atoms with Crippen LogP contribution in [0, 0.1) is 5.92 Å². The minimum Gasteiger partial charge on any atom is -0.495 e. The molecule has 0 amide bonds. The average molecular weight is 196 g/mol. The fourth-order valence-electron chi connectivity index (χ4n) is 1.09. The number of methoxy groups -OCH3 is 1. The first-order valence-corrected chi connectivity index (χ1v) is 4.78. The van der Waals surface area contributed by atoms with Gasteiger partial charge in [0.25, 0.3) is 5.56 Å². The van der Waals surface area contributed by atoms with Crippen LogP contribution in [-0.4, -0.2) is 16.9 Å². The summed E-state index contributed by atoms with van der Waals surface area (Å²) in [4.78, 5) is 11.5. The normalized spacial score (nSPS) is 12.5. The van der Waals surface area contributed by atoms with Crippen LogP contribution in [0.5, 0.6) is 5.75 Å². The van der Waals surface area contributed by atoms with Gasteiger partial charge in [-0.3, -0.25) is 4.79 Å². The van der Waals surface area contributed by atoms with E-state index in [9.17, 15) is 4.79 Å². The maximum atomic E-state index is 11.5. The summed E-state index contributed by atoms with van der Waals surface area (Å²) in [6, 6.07) is 1.45. The Morgan fingerprint density at radius 3 is 2.86 bits per heavy atom. The van der Waals surface area contributed by atoms with Gasteiger partial charge in [-0.25, -0.2) is 4.68 Å². The Morgan fingerprint density at radius 2 is 2.36 bits per heavy atom. The summed E-state index contributed by atoms with van der Waals surface area (Å²) in [5.74, 6) is 0.976. The molecule has 14 heavy (non-hydrogen) atoms. The third kappa shape index (κ3) is 2.58. The molecule has 0 spiro atoms. The van der Waals surface area contributed by atoms with Crippen molar-refractivity contribution in [1.82, 2.24) is 9.78 Å². The van der Waals surface area contributed by atoms with Gasteiger partial charge < -0.3 is 4.74 Å². The molecule has 78 valence electrons. The van der Waals surface area contributed by atoms with Crippen LogP contribution in [-0.2, 0) is 6.54 Å².